The largest absolute Gasteiger partial charge is 0.488 e. The van der Waals surface area contributed by atoms with E-state index in [0.29, 0.717) is 5.92 Å². The van der Waals surface area contributed by atoms with Gasteiger partial charge in [-0.15, -0.1) is 0 Å². The van der Waals surface area contributed by atoms with E-state index in [-0.39, 0.29) is 12.2 Å². The highest BCUT2D eigenvalue weighted by atomic mass is 16.5. The molecule has 1 aromatic carbocycles. The summed E-state index contributed by atoms with van der Waals surface area (Å²) in [6, 6.07) is 8.05. The lowest BCUT2D eigenvalue weighted by molar-refractivity contribution is -0.0108. The molecule has 1 fully saturated rings. The van der Waals surface area contributed by atoms with Gasteiger partial charge in [0.1, 0.15) is 11.9 Å². The number of rotatable bonds is 4. The van der Waals surface area contributed by atoms with Crippen molar-refractivity contribution in [3.8, 4) is 5.75 Å². The van der Waals surface area contributed by atoms with Gasteiger partial charge in [0, 0.05) is 25.8 Å². The van der Waals surface area contributed by atoms with Gasteiger partial charge in [0.2, 0.25) is 0 Å². The minimum atomic E-state index is -0.328. The number of aliphatic hydroxyl groups excluding tert-OH is 1. The van der Waals surface area contributed by atoms with Crippen LogP contribution in [0.3, 0.4) is 0 Å². The van der Waals surface area contributed by atoms with Crippen molar-refractivity contribution in [1.29, 1.82) is 0 Å². The van der Waals surface area contributed by atoms with E-state index >= 15 is 0 Å². The van der Waals surface area contributed by atoms with Crippen molar-refractivity contribution in [2.75, 3.05) is 19.0 Å². The lowest BCUT2D eigenvalue weighted by Gasteiger charge is -2.33. The molecule has 0 aliphatic heterocycles. The molecule has 1 aliphatic carbocycles. The van der Waals surface area contributed by atoms with Crippen molar-refractivity contribution in [2.24, 2.45) is 5.92 Å². The van der Waals surface area contributed by atoms with Crippen LogP contribution in [-0.2, 0) is 0 Å². The molecular weight excluding hydrogens is 238 g/mol. The maximum Gasteiger partial charge on any atom is 0.125 e. The summed E-state index contributed by atoms with van der Waals surface area (Å²) in [7, 11) is 4.03. The van der Waals surface area contributed by atoms with Gasteiger partial charge in [-0.05, 0) is 37.3 Å². The van der Waals surface area contributed by atoms with Gasteiger partial charge >= 0.3 is 0 Å². The van der Waals surface area contributed by atoms with Crippen LogP contribution in [0.1, 0.15) is 32.6 Å². The second-order valence-electron chi connectivity index (χ2n) is 5.70. The van der Waals surface area contributed by atoms with Crippen LogP contribution < -0.4 is 9.64 Å². The molecule has 0 heterocycles. The summed E-state index contributed by atoms with van der Waals surface area (Å²) < 4.78 is 6.01. The molecule has 2 rings (SSSR count). The molecule has 3 heteroatoms. The number of hydrogen-bond donors (Lipinski definition) is 1. The lowest BCUT2D eigenvalue weighted by atomic mass is 9.84. The maximum atomic E-state index is 10.1. The normalized spacial score (nSPS) is 27.1. The summed E-state index contributed by atoms with van der Waals surface area (Å²) >= 11 is 0. The molecule has 0 radical (unpaired) electrons. The van der Waals surface area contributed by atoms with Gasteiger partial charge in [0.05, 0.1) is 6.10 Å². The second-order valence-corrected chi connectivity index (χ2v) is 5.70. The zero-order chi connectivity index (χ0) is 13.8. The summed E-state index contributed by atoms with van der Waals surface area (Å²) in [6.07, 6.45) is 3.72. The molecule has 0 saturated heterocycles. The van der Waals surface area contributed by atoms with Crippen LogP contribution in [0.5, 0.6) is 5.75 Å². The molecule has 0 aromatic heterocycles. The van der Waals surface area contributed by atoms with Crippen LogP contribution >= 0.6 is 0 Å². The van der Waals surface area contributed by atoms with Crippen molar-refractivity contribution >= 4 is 5.69 Å². The van der Waals surface area contributed by atoms with Crippen molar-refractivity contribution < 1.29 is 9.84 Å². The Morgan fingerprint density at radius 3 is 2.79 bits per heavy atom. The molecule has 19 heavy (non-hydrogen) atoms. The maximum absolute atomic E-state index is 10.1. The molecule has 3 atom stereocenters. The highest BCUT2D eigenvalue weighted by Crippen LogP contribution is 2.30. The third-order valence-electron chi connectivity index (χ3n) is 4.06. The summed E-state index contributed by atoms with van der Waals surface area (Å²) in [6.45, 7) is 2.21. The number of nitrogens with zero attached hydrogens (tertiary/aromatic N) is 1. The van der Waals surface area contributed by atoms with Crippen LogP contribution in [-0.4, -0.2) is 31.4 Å². The topological polar surface area (TPSA) is 32.7 Å². The molecule has 106 valence electrons. The minimum Gasteiger partial charge on any atom is -0.488 e. The Morgan fingerprint density at radius 1 is 1.32 bits per heavy atom. The Balaban J connectivity index is 2.04. The summed E-state index contributed by atoms with van der Waals surface area (Å²) in [5, 5.41) is 10.1. The second kappa shape index (κ2) is 6.29. The average Bonchev–Trinajstić information content (AvgIpc) is 2.41. The van der Waals surface area contributed by atoms with E-state index in [9.17, 15) is 5.11 Å². The number of ether oxygens (including phenoxy) is 1. The summed E-state index contributed by atoms with van der Waals surface area (Å²) in [4.78, 5) is 2.05. The number of anilines is 1. The van der Waals surface area contributed by atoms with Crippen molar-refractivity contribution in [1.82, 2.24) is 0 Å². The Labute approximate surface area is 116 Å². The highest BCUT2D eigenvalue weighted by molar-refractivity contribution is 5.49. The SMILES string of the molecule is CCC1CCC(O)C(Oc2cccc(N(C)C)c2)C1. The number of aliphatic hydroxyl groups is 1. The monoisotopic (exact) mass is 263 g/mol. The summed E-state index contributed by atoms with van der Waals surface area (Å²) in [5.74, 6) is 1.54. The van der Waals surface area contributed by atoms with Crippen molar-refractivity contribution in [2.45, 2.75) is 44.8 Å². The first-order chi connectivity index (χ1) is 9.10. The van der Waals surface area contributed by atoms with E-state index in [1.165, 1.54) is 6.42 Å². The Kier molecular flexibility index (Phi) is 4.70. The molecule has 0 spiro atoms. The van der Waals surface area contributed by atoms with Crippen molar-refractivity contribution in [3.05, 3.63) is 24.3 Å². The lowest BCUT2D eigenvalue weighted by Crippen LogP contribution is -2.38. The zero-order valence-electron chi connectivity index (χ0n) is 12.2. The van der Waals surface area contributed by atoms with Gasteiger partial charge in [0.25, 0.3) is 0 Å². The molecule has 0 amide bonds. The molecule has 1 N–H and O–H groups in total. The van der Waals surface area contributed by atoms with Gasteiger partial charge in [-0.25, -0.2) is 0 Å². The smallest absolute Gasteiger partial charge is 0.125 e. The van der Waals surface area contributed by atoms with Crippen molar-refractivity contribution in [3.63, 3.8) is 0 Å². The Bertz CT molecular complexity index is 405. The average molecular weight is 263 g/mol. The standard InChI is InChI=1S/C16H25NO2/c1-4-12-8-9-15(18)16(10-12)19-14-7-5-6-13(11-14)17(2)3/h5-7,11-12,15-16,18H,4,8-10H2,1-3H3. The first kappa shape index (κ1) is 14.2. The highest BCUT2D eigenvalue weighted by Gasteiger charge is 2.29. The predicted octanol–water partition coefficient (Wildman–Crippen LogP) is 3.07. The molecule has 3 unspecified atom stereocenters. The van der Waals surface area contributed by atoms with Crippen LogP contribution in [0.25, 0.3) is 0 Å². The van der Waals surface area contributed by atoms with E-state index in [1.807, 2.05) is 32.3 Å². The fourth-order valence-electron chi connectivity index (χ4n) is 2.70. The first-order valence-electron chi connectivity index (χ1n) is 7.22. The molecule has 1 aromatic rings. The molecule has 3 nitrogen and oxygen atoms in total. The van der Waals surface area contributed by atoms with Gasteiger partial charge in [0.15, 0.2) is 0 Å². The van der Waals surface area contributed by atoms with Crippen LogP contribution in [0.15, 0.2) is 24.3 Å². The van der Waals surface area contributed by atoms with Crippen LogP contribution in [0, 0.1) is 5.92 Å². The Hall–Kier alpha value is -1.22. The third-order valence-corrected chi connectivity index (χ3v) is 4.06. The van der Waals surface area contributed by atoms with Gasteiger partial charge < -0.3 is 14.7 Å². The van der Waals surface area contributed by atoms with Gasteiger partial charge in [-0.3, -0.25) is 0 Å². The quantitative estimate of drug-likeness (QED) is 0.906. The number of hydrogen-bond acceptors (Lipinski definition) is 3. The van der Waals surface area contributed by atoms with E-state index < -0.39 is 0 Å². The van der Waals surface area contributed by atoms with Crippen LogP contribution in [0.4, 0.5) is 5.69 Å². The molecule has 1 saturated carbocycles. The van der Waals surface area contributed by atoms with E-state index in [0.717, 1.165) is 30.7 Å². The number of benzene rings is 1. The summed E-state index contributed by atoms with van der Waals surface area (Å²) in [5.41, 5.74) is 1.12. The van der Waals surface area contributed by atoms with Gasteiger partial charge in [-0.2, -0.15) is 0 Å². The van der Waals surface area contributed by atoms with Gasteiger partial charge in [-0.1, -0.05) is 19.4 Å². The van der Waals surface area contributed by atoms with E-state index in [4.69, 9.17) is 4.74 Å². The van der Waals surface area contributed by atoms with E-state index in [2.05, 4.69) is 17.9 Å². The minimum absolute atomic E-state index is 0.0592. The van der Waals surface area contributed by atoms with E-state index in [1.54, 1.807) is 0 Å². The molecular formula is C16H25NO2. The molecule has 0 bridgehead atoms. The Morgan fingerprint density at radius 2 is 2.11 bits per heavy atom. The predicted molar refractivity (Wildman–Crippen MR) is 78.8 cm³/mol. The molecule has 1 aliphatic rings. The first-order valence-corrected chi connectivity index (χ1v) is 7.22. The van der Waals surface area contributed by atoms with Crippen LogP contribution in [0.2, 0.25) is 0 Å². The fraction of sp³-hybridized carbons (Fsp3) is 0.625. The zero-order valence-corrected chi connectivity index (χ0v) is 12.2. The fourth-order valence-corrected chi connectivity index (χ4v) is 2.70. The third kappa shape index (κ3) is 3.63.